The second-order valence-electron chi connectivity index (χ2n) is 4.45. The van der Waals surface area contributed by atoms with Crippen molar-refractivity contribution in [2.24, 2.45) is 0 Å². The van der Waals surface area contributed by atoms with Crippen LogP contribution in [0.2, 0.25) is 0 Å². The standard InChI is InChI=1S/C15H20N2OS/c1-4-15(16-3)12-5-7-13(8-6-12)18-10-14-9-17-11(2)19-14/h5-9,15-16H,4,10H2,1-3H3. The minimum absolute atomic E-state index is 0.415. The average Bonchev–Trinajstić information content (AvgIpc) is 2.85. The van der Waals surface area contributed by atoms with Gasteiger partial charge in [-0.1, -0.05) is 19.1 Å². The maximum Gasteiger partial charge on any atom is 0.124 e. The van der Waals surface area contributed by atoms with Crippen LogP contribution in [0.25, 0.3) is 0 Å². The van der Waals surface area contributed by atoms with Gasteiger partial charge in [-0.05, 0) is 38.1 Å². The number of nitrogens with one attached hydrogen (secondary N) is 1. The van der Waals surface area contributed by atoms with Gasteiger partial charge >= 0.3 is 0 Å². The first-order valence-corrected chi connectivity index (χ1v) is 7.36. The monoisotopic (exact) mass is 276 g/mol. The van der Waals surface area contributed by atoms with Crippen molar-refractivity contribution in [3.05, 3.63) is 45.9 Å². The van der Waals surface area contributed by atoms with Crippen LogP contribution in [0.5, 0.6) is 5.75 Å². The van der Waals surface area contributed by atoms with Gasteiger partial charge in [0.2, 0.25) is 0 Å². The number of aryl methyl sites for hydroxylation is 1. The number of hydrogen-bond acceptors (Lipinski definition) is 4. The fraction of sp³-hybridized carbons (Fsp3) is 0.400. The molecule has 19 heavy (non-hydrogen) atoms. The van der Waals surface area contributed by atoms with Crippen molar-refractivity contribution in [2.45, 2.75) is 32.9 Å². The van der Waals surface area contributed by atoms with E-state index in [1.807, 2.05) is 32.3 Å². The lowest BCUT2D eigenvalue weighted by Crippen LogP contribution is -2.14. The van der Waals surface area contributed by atoms with E-state index >= 15 is 0 Å². The SMILES string of the molecule is CCC(NC)c1ccc(OCc2cnc(C)s2)cc1. The van der Waals surface area contributed by atoms with Gasteiger partial charge in [0, 0.05) is 12.2 Å². The summed E-state index contributed by atoms with van der Waals surface area (Å²) in [5, 5.41) is 4.38. The summed E-state index contributed by atoms with van der Waals surface area (Å²) in [5.74, 6) is 0.903. The van der Waals surface area contributed by atoms with Gasteiger partial charge in [-0.2, -0.15) is 0 Å². The smallest absolute Gasteiger partial charge is 0.124 e. The van der Waals surface area contributed by atoms with Gasteiger partial charge in [0.1, 0.15) is 12.4 Å². The molecule has 0 spiro atoms. The molecule has 0 radical (unpaired) electrons. The minimum atomic E-state index is 0.415. The van der Waals surface area contributed by atoms with Crippen LogP contribution in [0.4, 0.5) is 0 Å². The summed E-state index contributed by atoms with van der Waals surface area (Å²) in [6.07, 6.45) is 2.96. The van der Waals surface area contributed by atoms with Crippen LogP contribution in [0.15, 0.2) is 30.5 Å². The largest absolute Gasteiger partial charge is 0.488 e. The number of hydrogen-bond donors (Lipinski definition) is 1. The number of nitrogens with zero attached hydrogens (tertiary/aromatic N) is 1. The maximum absolute atomic E-state index is 5.76. The molecule has 0 aliphatic heterocycles. The summed E-state index contributed by atoms with van der Waals surface area (Å²) >= 11 is 1.68. The van der Waals surface area contributed by atoms with E-state index in [9.17, 15) is 0 Å². The van der Waals surface area contributed by atoms with Gasteiger partial charge in [0.05, 0.1) is 9.88 Å². The molecule has 1 unspecified atom stereocenters. The molecule has 0 aliphatic rings. The third-order valence-corrected chi connectivity index (χ3v) is 3.98. The lowest BCUT2D eigenvalue weighted by Gasteiger charge is -2.14. The molecular formula is C15H20N2OS. The third-order valence-electron chi connectivity index (χ3n) is 3.09. The zero-order chi connectivity index (χ0) is 13.7. The van der Waals surface area contributed by atoms with E-state index in [0.717, 1.165) is 22.1 Å². The highest BCUT2D eigenvalue weighted by Gasteiger charge is 2.06. The van der Waals surface area contributed by atoms with Gasteiger partial charge < -0.3 is 10.1 Å². The Labute approximate surface area is 118 Å². The van der Waals surface area contributed by atoms with Crippen molar-refractivity contribution in [2.75, 3.05) is 7.05 Å². The van der Waals surface area contributed by atoms with E-state index in [-0.39, 0.29) is 0 Å². The van der Waals surface area contributed by atoms with Gasteiger partial charge in [-0.3, -0.25) is 0 Å². The van der Waals surface area contributed by atoms with E-state index in [1.165, 1.54) is 5.56 Å². The molecule has 0 saturated heterocycles. The Morgan fingerprint density at radius 3 is 2.58 bits per heavy atom. The molecule has 1 aromatic carbocycles. The van der Waals surface area contributed by atoms with Crippen LogP contribution in [-0.4, -0.2) is 12.0 Å². The van der Waals surface area contributed by atoms with E-state index in [0.29, 0.717) is 12.6 Å². The Hall–Kier alpha value is -1.39. The molecule has 1 N–H and O–H groups in total. The Morgan fingerprint density at radius 2 is 2.05 bits per heavy atom. The first kappa shape index (κ1) is 14.0. The molecule has 4 heteroatoms. The summed E-state index contributed by atoms with van der Waals surface area (Å²) in [4.78, 5) is 5.37. The summed E-state index contributed by atoms with van der Waals surface area (Å²) in [6, 6.07) is 8.72. The Kier molecular flexibility index (Phi) is 4.93. The molecule has 3 nitrogen and oxygen atoms in total. The van der Waals surface area contributed by atoms with Gasteiger partial charge in [-0.25, -0.2) is 4.98 Å². The summed E-state index contributed by atoms with van der Waals surface area (Å²) in [5.41, 5.74) is 1.30. The summed E-state index contributed by atoms with van der Waals surface area (Å²) in [7, 11) is 1.99. The van der Waals surface area contributed by atoms with Crippen LogP contribution in [-0.2, 0) is 6.61 Å². The van der Waals surface area contributed by atoms with Crippen LogP contribution < -0.4 is 10.1 Å². The molecule has 0 fully saturated rings. The topological polar surface area (TPSA) is 34.1 Å². The van der Waals surface area contributed by atoms with E-state index < -0.39 is 0 Å². The van der Waals surface area contributed by atoms with Crippen molar-refractivity contribution in [3.63, 3.8) is 0 Å². The maximum atomic E-state index is 5.76. The lowest BCUT2D eigenvalue weighted by atomic mass is 10.1. The van der Waals surface area contributed by atoms with Crippen LogP contribution >= 0.6 is 11.3 Å². The molecule has 2 rings (SSSR count). The van der Waals surface area contributed by atoms with E-state index in [2.05, 4.69) is 29.4 Å². The third kappa shape index (κ3) is 3.78. The number of thiazole rings is 1. The highest BCUT2D eigenvalue weighted by atomic mass is 32.1. The number of ether oxygens (including phenoxy) is 1. The van der Waals surface area contributed by atoms with Crippen LogP contribution in [0.3, 0.4) is 0 Å². The quantitative estimate of drug-likeness (QED) is 0.873. The Balaban J connectivity index is 1.95. The molecular weight excluding hydrogens is 256 g/mol. The zero-order valence-corrected chi connectivity index (χ0v) is 12.5. The minimum Gasteiger partial charge on any atom is -0.488 e. The second-order valence-corrected chi connectivity index (χ2v) is 5.77. The molecule has 1 aromatic heterocycles. The molecule has 0 amide bonds. The molecule has 2 aromatic rings. The Morgan fingerprint density at radius 1 is 1.32 bits per heavy atom. The lowest BCUT2D eigenvalue weighted by molar-refractivity contribution is 0.309. The zero-order valence-electron chi connectivity index (χ0n) is 11.6. The van der Waals surface area contributed by atoms with Crippen molar-refractivity contribution >= 4 is 11.3 Å². The number of benzene rings is 1. The first-order valence-electron chi connectivity index (χ1n) is 6.54. The van der Waals surface area contributed by atoms with Crippen molar-refractivity contribution in [1.82, 2.24) is 10.3 Å². The van der Waals surface area contributed by atoms with Crippen molar-refractivity contribution in [3.8, 4) is 5.75 Å². The fourth-order valence-corrected chi connectivity index (χ4v) is 2.74. The molecule has 102 valence electrons. The molecule has 0 aliphatic carbocycles. The summed E-state index contributed by atoms with van der Waals surface area (Å²) in [6.45, 7) is 4.78. The fourth-order valence-electron chi connectivity index (χ4n) is 2.03. The predicted octanol–water partition coefficient (Wildman–Crippen LogP) is 3.70. The van der Waals surface area contributed by atoms with E-state index in [4.69, 9.17) is 4.74 Å². The number of aromatic nitrogens is 1. The van der Waals surface area contributed by atoms with Crippen molar-refractivity contribution < 1.29 is 4.74 Å². The molecule has 1 atom stereocenters. The second kappa shape index (κ2) is 6.68. The summed E-state index contributed by atoms with van der Waals surface area (Å²) < 4.78 is 5.76. The highest BCUT2D eigenvalue weighted by Crippen LogP contribution is 2.21. The molecule has 1 heterocycles. The first-order chi connectivity index (χ1) is 9.22. The van der Waals surface area contributed by atoms with Gasteiger partial charge in [0.15, 0.2) is 0 Å². The molecule has 0 saturated carbocycles. The number of rotatable bonds is 6. The normalized spacial score (nSPS) is 12.4. The van der Waals surface area contributed by atoms with E-state index in [1.54, 1.807) is 11.3 Å². The van der Waals surface area contributed by atoms with Gasteiger partial charge in [0.25, 0.3) is 0 Å². The Bertz CT molecular complexity index is 503. The van der Waals surface area contributed by atoms with Crippen LogP contribution in [0.1, 0.15) is 34.8 Å². The average molecular weight is 276 g/mol. The van der Waals surface area contributed by atoms with Crippen LogP contribution in [0, 0.1) is 6.92 Å². The molecule has 0 bridgehead atoms. The predicted molar refractivity (Wildman–Crippen MR) is 79.7 cm³/mol. The van der Waals surface area contributed by atoms with Crippen molar-refractivity contribution in [1.29, 1.82) is 0 Å². The van der Waals surface area contributed by atoms with Gasteiger partial charge in [-0.15, -0.1) is 11.3 Å². The highest BCUT2D eigenvalue weighted by molar-refractivity contribution is 7.11.